The van der Waals surface area contributed by atoms with Crippen LogP contribution in [-0.2, 0) is 11.2 Å². The van der Waals surface area contributed by atoms with E-state index in [2.05, 4.69) is 5.32 Å². The van der Waals surface area contributed by atoms with E-state index >= 15 is 0 Å². The molecule has 0 saturated carbocycles. The van der Waals surface area contributed by atoms with Crippen molar-refractivity contribution in [2.24, 2.45) is 0 Å². The molecule has 1 atom stereocenters. The normalized spacial score (nSPS) is 13.2. The monoisotopic (exact) mass is 236 g/mol. The van der Waals surface area contributed by atoms with Gasteiger partial charge < -0.3 is 16.2 Å². The van der Waals surface area contributed by atoms with Crippen LogP contribution in [0.1, 0.15) is 26.3 Å². The van der Waals surface area contributed by atoms with Crippen LogP contribution in [0, 0.1) is 0 Å². The van der Waals surface area contributed by atoms with Gasteiger partial charge in [-0.15, -0.1) is 0 Å². The largest absolute Gasteiger partial charge is 0.398 e. The Morgan fingerprint density at radius 3 is 2.59 bits per heavy atom. The number of anilines is 1. The van der Waals surface area contributed by atoms with E-state index in [-0.39, 0.29) is 12.3 Å². The first-order valence-electron chi connectivity index (χ1n) is 5.65. The van der Waals surface area contributed by atoms with E-state index < -0.39 is 11.6 Å². The second-order valence-corrected chi connectivity index (χ2v) is 4.82. The number of aliphatic hydroxyl groups excluding tert-OH is 1. The first-order valence-corrected chi connectivity index (χ1v) is 5.65. The summed E-state index contributed by atoms with van der Waals surface area (Å²) in [4.78, 5) is 11.8. The minimum atomic E-state index is -0.638. The van der Waals surface area contributed by atoms with Gasteiger partial charge >= 0.3 is 0 Å². The number of nitrogens with two attached hydrogens (primary N) is 1. The minimum Gasteiger partial charge on any atom is -0.398 e. The molecule has 0 aromatic heterocycles. The number of nitrogens with one attached hydrogen (secondary N) is 1. The van der Waals surface area contributed by atoms with Gasteiger partial charge in [-0.25, -0.2) is 0 Å². The number of benzene rings is 1. The van der Waals surface area contributed by atoms with Crippen LogP contribution < -0.4 is 11.1 Å². The molecule has 0 heterocycles. The average molecular weight is 236 g/mol. The summed E-state index contributed by atoms with van der Waals surface area (Å²) in [6, 6.07) is 7.27. The highest BCUT2D eigenvalue weighted by Crippen LogP contribution is 2.13. The molecule has 0 saturated heterocycles. The minimum absolute atomic E-state index is 0.145. The van der Waals surface area contributed by atoms with Gasteiger partial charge in [-0.1, -0.05) is 18.2 Å². The molecule has 4 N–H and O–H groups in total. The molecule has 1 aromatic rings. The lowest BCUT2D eigenvalue weighted by atomic mass is 9.98. The first-order chi connectivity index (χ1) is 7.83. The van der Waals surface area contributed by atoms with Crippen LogP contribution >= 0.6 is 0 Å². The number of hydrogen-bond acceptors (Lipinski definition) is 3. The van der Waals surface area contributed by atoms with Gasteiger partial charge in [0.25, 0.3) is 0 Å². The number of hydrogen-bond donors (Lipinski definition) is 3. The number of carbonyl (C=O) groups excluding carboxylic acids is 1. The van der Waals surface area contributed by atoms with Crippen molar-refractivity contribution < 1.29 is 9.90 Å². The van der Waals surface area contributed by atoms with Crippen molar-refractivity contribution >= 4 is 11.6 Å². The second-order valence-electron chi connectivity index (χ2n) is 4.82. The van der Waals surface area contributed by atoms with E-state index in [4.69, 9.17) is 5.73 Å². The molecule has 0 aliphatic heterocycles. The van der Waals surface area contributed by atoms with Gasteiger partial charge in [0.05, 0.1) is 18.1 Å². The summed E-state index contributed by atoms with van der Waals surface area (Å²) < 4.78 is 0. The Hall–Kier alpha value is -1.55. The summed E-state index contributed by atoms with van der Waals surface area (Å²) in [5.41, 5.74) is 6.53. The van der Waals surface area contributed by atoms with Crippen LogP contribution in [-0.4, -0.2) is 22.7 Å². The Morgan fingerprint density at radius 1 is 1.47 bits per heavy atom. The van der Waals surface area contributed by atoms with Gasteiger partial charge in [0.1, 0.15) is 0 Å². The Morgan fingerprint density at radius 2 is 2.06 bits per heavy atom. The quantitative estimate of drug-likeness (QED) is 0.685. The molecular weight excluding hydrogens is 216 g/mol. The van der Waals surface area contributed by atoms with E-state index in [1.165, 1.54) is 0 Å². The molecule has 0 spiro atoms. The van der Waals surface area contributed by atoms with Crippen molar-refractivity contribution in [3.8, 4) is 0 Å². The lowest BCUT2D eigenvalue weighted by molar-refractivity contribution is -0.123. The third-order valence-electron chi connectivity index (χ3n) is 2.91. The molecule has 17 heavy (non-hydrogen) atoms. The zero-order valence-corrected chi connectivity index (χ0v) is 10.5. The highest BCUT2D eigenvalue weighted by molar-refractivity contribution is 5.80. The highest BCUT2D eigenvalue weighted by atomic mass is 16.3. The predicted octanol–water partition coefficient (Wildman–Crippen LogP) is 1.09. The SMILES string of the molecule is CC(O)C(C)(C)NC(=O)Cc1ccccc1N. The Balaban J connectivity index is 2.66. The van der Waals surface area contributed by atoms with Gasteiger partial charge in [0, 0.05) is 5.69 Å². The van der Waals surface area contributed by atoms with Crippen LogP contribution in [0.3, 0.4) is 0 Å². The molecule has 0 aliphatic rings. The number of para-hydroxylation sites is 1. The number of nitrogen functional groups attached to an aromatic ring is 1. The Labute approximate surface area is 102 Å². The van der Waals surface area contributed by atoms with Crippen molar-refractivity contribution in [2.45, 2.75) is 38.8 Å². The fraction of sp³-hybridized carbons (Fsp3) is 0.462. The maximum atomic E-state index is 11.8. The van der Waals surface area contributed by atoms with Crippen molar-refractivity contribution in [1.29, 1.82) is 0 Å². The maximum Gasteiger partial charge on any atom is 0.224 e. The smallest absolute Gasteiger partial charge is 0.224 e. The summed E-state index contributed by atoms with van der Waals surface area (Å²) in [5, 5.41) is 12.3. The van der Waals surface area contributed by atoms with E-state index in [0.717, 1.165) is 5.56 Å². The van der Waals surface area contributed by atoms with Gasteiger partial charge in [-0.2, -0.15) is 0 Å². The lowest BCUT2D eigenvalue weighted by Crippen LogP contribution is -2.51. The fourth-order valence-corrected chi connectivity index (χ4v) is 1.38. The fourth-order valence-electron chi connectivity index (χ4n) is 1.38. The van der Waals surface area contributed by atoms with E-state index in [9.17, 15) is 9.90 Å². The zero-order chi connectivity index (χ0) is 13.1. The van der Waals surface area contributed by atoms with Crippen LogP contribution in [0.25, 0.3) is 0 Å². The molecule has 1 unspecified atom stereocenters. The van der Waals surface area contributed by atoms with E-state index in [0.29, 0.717) is 5.69 Å². The summed E-state index contributed by atoms with van der Waals surface area (Å²) in [6.07, 6.45) is -0.386. The average Bonchev–Trinajstić information content (AvgIpc) is 2.20. The summed E-state index contributed by atoms with van der Waals surface area (Å²) in [7, 11) is 0. The summed E-state index contributed by atoms with van der Waals surface area (Å²) >= 11 is 0. The van der Waals surface area contributed by atoms with Crippen LogP contribution in [0.4, 0.5) is 5.69 Å². The van der Waals surface area contributed by atoms with E-state index in [1.807, 2.05) is 18.2 Å². The molecule has 0 radical (unpaired) electrons. The molecule has 1 aromatic carbocycles. The van der Waals surface area contributed by atoms with Crippen molar-refractivity contribution in [1.82, 2.24) is 5.32 Å². The topological polar surface area (TPSA) is 75.3 Å². The van der Waals surface area contributed by atoms with Gasteiger partial charge in [-0.3, -0.25) is 4.79 Å². The molecule has 1 rings (SSSR count). The van der Waals surface area contributed by atoms with E-state index in [1.54, 1.807) is 26.8 Å². The van der Waals surface area contributed by atoms with Crippen molar-refractivity contribution in [3.05, 3.63) is 29.8 Å². The second kappa shape index (κ2) is 5.19. The van der Waals surface area contributed by atoms with Crippen LogP contribution in [0.2, 0.25) is 0 Å². The summed E-state index contributed by atoms with van der Waals surface area (Å²) in [6.45, 7) is 5.21. The molecule has 4 nitrogen and oxygen atoms in total. The Kier molecular flexibility index (Phi) is 4.12. The molecule has 0 aliphatic carbocycles. The summed E-state index contributed by atoms with van der Waals surface area (Å²) in [5.74, 6) is -0.145. The van der Waals surface area contributed by atoms with Crippen LogP contribution in [0.15, 0.2) is 24.3 Å². The number of amides is 1. The number of aliphatic hydroxyl groups is 1. The first kappa shape index (κ1) is 13.5. The van der Waals surface area contributed by atoms with Gasteiger partial charge in [0.2, 0.25) is 5.91 Å². The third kappa shape index (κ3) is 3.75. The highest BCUT2D eigenvalue weighted by Gasteiger charge is 2.25. The third-order valence-corrected chi connectivity index (χ3v) is 2.91. The maximum absolute atomic E-state index is 11.8. The number of carbonyl (C=O) groups is 1. The zero-order valence-electron chi connectivity index (χ0n) is 10.5. The van der Waals surface area contributed by atoms with Gasteiger partial charge in [0.15, 0.2) is 0 Å². The lowest BCUT2D eigenvalue weighted by Gasteiger charge is -2.29. The molecule has 4 heteroatoms. The van der Waals surface area contributed by atoms with Crippen LogP contribution in [0.5, 0.6) is 0 Å². The molecule has 0 fully saturated rings. The van der Waals surface area contributed by atoms with Crippen molar-refractivity contribution in [3.63, 3.8) is 0 Å². The van der Waals surface area contributed by atoms with Crippen molar-refractivity contribution in [2.75, 3.05) is 5.73 Å². The van der Waals surface area contributed by atoms with Gasteiger partial charge in [-0.05, 0) is 32.4 Å². The predicted molar refractivity (Wildman–Crippen MR) is 68.5 cm³/mol. The molecule has 0 bridgehead atoms. The standard InChI is InChI=1S/C13H20N2O2/c1-9(16)13(2,3)15-12(17)8-10-6-4-5-7-11(10)14/h4-7,9,16H,8,14H2,1-3H3,(H,15,17). The Bertz CT molecular complexity index is 400. The molecule has 1 amide bonds. The number of rotatable bonds is 4. The molecular formula is C13H20N2O2. The molecule has 94 valence electrons.